The summed E-state index contributed by atoms with van der Waals surface area (Å²) in [5, 5.41) is 11.4. The fraction of sp³-hybridized carbons (Fsp3) is 0.455. The van der Waals surface area contributed by atoms with Gasteiger partial charge in [-0.25, -0.2) is 12.8 Å². The molecule has 0 amide bonds. The summed E-state index contributed by atoms with van der Waals surface area (Å²) in [6.07, 6.45) is 0.347. The maximum atomic E-state index is 13.1. The maximum absolute atomic E-state index is 13.1. The summed E-state index contributed by atoms with van der Waals surface area (Å²) in [4.78, 5) is -1.20. The first kappa shape index (κ1) is 16.7. The number of alkyl halides is 3. The van der Waals surface area contributed by atoms with Crippen LogP contribution in [0.1, 0.15) is 13.3 Å². The first-order chi connectivity index (χ1) is 9.13. The summed E-state index contributed by atoms with van der Waals surface area (Å²) in [6.45, 7) is 1.24. The number of halogens is 4. The van der Waals surface area contributed by atoms with Gasteiger partial charge in [-0.15, -0.1) is 0 Å². The quantitative estimate of drug-likeness (QED) is 0.818. The second-order valence-corrected chi connectivity index (χ2v) is 5.93. The standard InChI is InChI=1S/C11H13F4NO3S/c1-2-8(6-17)16-9-4-3-7(12)5-10(9)20(18,19)11(13,14)15/h3-5,8,16-17H,2,6H2,1H3. The van der Waals surface area contributed by atoms with E-state index in [1.54, 1.807) is 6.92 Å². The van der Waals surface area contributed by atoms with Crippen molar-refractivity contribution in [1.82, 2.24) is 0 Å². The zero-order chi connectivity index (χ0) is 15.6. The van der Waals surface area contributed by atoms with Gasteiger partial charge in [0.05, 0.1) is 12.3 Å². The van der Waals surface area contributed by atoms with Crippen molar-refractivity contribution in [2.24, 2.45) is 0 Å². The van der Waals surface area contributed by atoms with Gasteiger partial charge in [0.2, 0.25) is 0 Å². The number of nitrogens with one attached hydrogen (secondary N) is 1. The van der Waals surface area contributed by atoms with Crippen LogP contribution in [0, 0.1) is 5.82 Å². The van der Waals surface area contributed by atoms with E-state index in [-0.39, 0.29) is 0 Å². The lowest BCUT2D eigenvalue weighted by Gasteiger charge is -2.19. The summed E-state index contributed by atoms with van der Waals surface area (Å²) >= 11 is 0. The molecule has 9 heteroatoms. The molecule has 0 radical (unpaired) electrons. The van der Waals surface area contributed by atoms with Gasteiger partial charge >= 0.3 is 5.51 Å². The molecule has 0 saturated carbocycles. The summed E-state index contributed by atoms with van der Waals surface area (Å²) in [6, 6.07) is 1.39. The number of hydrogen-bond donors (Lipinski definition) is 2. The van der Waals surface area contributed by atoms with E-state index in [0.29, 0.717) is 12.5 Å². The van der Waals surface area contributed by atoms with Crippen molar-refractivity contribution in [2.75, 3.05) is 11.9 Å². The fourth-order valence-corrected chi connectivity index (χ4v) is 2.39. The van der Waals surface area contributed by atoms with Crippen LogP contribution in [0.15, 0.2) is 23.1 Å². The first-order valence-corrected chi connectivity index (χ1v) is 7.10. The van der Waals surface area contributed by atoms with Crippen LogP contribution < -0.4 is 5.32 Å². The maximum Gasteiger partial charge on any atom is 0.501 e. The largest absolute Gasteiger partial charge is 0.501 e. The molecule has 0 aliphatic carbocycles. The number of rotatable bonds is 5. The number of aliphatic hydroxyl groups excluding tert-OH is 1. The predicted octanol–water partition coefficient (Wildman–Crippen LogP) is 2.30. The van der Waals surface area contributed by atoms with Gasteiger partial charge in [-0.2, -0.15) is 13.2 Å². The molecule has 1 atom stereocenters. The number of anilines is 1. The van der Waals surface area contributed by atoms with Gasteiger partial charge < -0.3 is 10.4 Å². The Morgan fingerprint density at radius 1 is 1.35 bits per heavy atom. The van der Waals surface area contributed by atoms with Crippen molar-refractivity contribution in [1.29, 1.82) is 0 Å². The molecule has 1 aromatic rings. The molecule has 0 aliphatic rings. The zero-order valence-electron chi connectivity index (χ0n) is 10.4. The molecule has 0 heterocycles. The second kappa shape index (κ2) is 5.96. The van der Waals surface area contributed by atoms with E-state index in [1.165, 1.54) is 0 Å². The van der Waals surface area contributed by atoms with Crippen molar-refractivity contribution in [3.05, 3.63) is 24.0 Å². The third kappa shape index (κ3) is 3.40. The lowest BCUT2D eigenvalue weighted by Crippen LogP contribution is -2.27. The van der Waals surface area contributed by atoms with Crippen molar-refractivity contribution in [3.63, 3.8) is 0 Å². The van der Waals surface area contributed by atoms with E-state index < -0.39 is 44.4 Å². The molecule has 114 valence electrons. The molecular formula is C11H13F4NO3S. The average molecular weight is 315 g/mol. The number of hydrogen-bond acceptors (Lipinski definition) is 4. The topological polar surface area (TPSA) is 66.4 Å². The van der Waals surface area contributed by atoms with E-state index in [0.717, 1.165) is 12.1 Å². The first-order valence-electron chi connectivity index (χ1n) is 5.61. The highest BCUT2D eigenvalue weighted by molar-refractivity contribution is 7.92. The SMILES string of the molecule is CCC(CO)Nc1ccc(F)cc1S(=O)(=O)C(F)(F)F. The van der Waals surface area contributed by atoms with Gasteiger partial charge in [0, 0.05) is 6.04 Å². The molecule has 1 unspecified atom stereocenters. The van der Waals surface area contributed by atoms with Crippen LogP contribution in [0.2, 0.25) is 0 Å². The van der Waals surface area contributed by atoms with Gasteiger partial charge in [-0.3, -0.25) is 0 Å². The lowest BCUT2D eigenvalue weighted by molar-refractivity contribution is -0.0435. The molecule has 2 N–H and O–H groups in total. The molecule has 0 aliphatic heterocycles. The van der Waals surface area contributed by atoms with Crippen LogP contribution in [0.3, 0.4) is 0 Å². The molecule has 0 fully saturated rings. The lowest BCUT2D eigenvalue weighted by atomic mass is 10.2. The van der Waals surface area contributed by atoms with Gasteiger partial charge in [0.15, 0.2) is 0 Å². The molecule has 20 heavy (non-hydrogen) atoms. The molecule has 1 rings (SSSR count). The van der Waals surface area contributed by atoms with E-state index in [9.17, 15) is 26.0 Å². The van der Waals surface area contributed by atoms with Crippen LogP contribution in [0.4, 0.5) is 23.2 Å². The number of sulfone groups is 1. The van der Waals surface area contributed by atoms with Crippen LogP contribution in [0.25, 0.3) is 0 Å². The number of aliphatic hydroxyl groups is 1. The third-order valence-corrected chi connectivity index (χ3v) is 4.14. The van der Waals surface area contributed by atoms with Crippen LogP contribution in [-0.2, 0) is 9.84 Å². The Labute approximate surface area is 113 Å². The fourth-order valence-electron chi connectivity index (χ4n) is 1.46. The summed E-state index contributed by atoms with van der Waals surface area (Å²) < 4.78 is 73.5. The van der Waals surface area contributed by atoms with Crippen molar-refractivity contribution >= 4 is 15.5 Å². The number of benzene rings is 1. The van der Waals surface area contributed by atoms with Gasteiger partial charge in [-0.1, -0.05) is 6.92 Å². The molecule has 0 aromatic heterocycles. The Bertz CT molecular complexity index is 568. The Morgan fingerprint density at radius 2 is 1.95 bits per heavy atom. The van der Waals surface area contributed by atoms with Gasteiger partial charge in [0.25, 0.3) is 9.84 Å². The summed E-state index contributed by atoms with van der Waals surface area (Å²) in [5.74, 6) is -1.10. The minimum atomic E-state index is -5.68. The van der Waals surface area contributed by atoms with Crippen LogP contribution in [0.5, 0.6) is 0 Å². The highest BCUT2D eigenvalue weighted by Crippen LogP contribution is 2.35. The molecule has 0 saturated heterocycles. The highest BCUT2D eigenvalue weighted by Gasteiger charge is 2.48. The third-order valence-electron chi connectivity index (χ3n) is 2.61. The molecule has 1 aromatic carbocycles. The van der Waals surface area contributed by atoms with Crippen molar-refractivity contribution < 1.29 is 31.1 Å². The molecule has 0 spiro atoms. The van der Waals surface area contributed by atoms with Crippen molar-refractivity contribution in [2.45, 2.75) is 29.8 Å². The Balaban J connectivity index is 3.35. The van der Waals surface area contributed by atoms with Gasteiger partial charge in [0.1, 0.15) is 10.7 Å². The minimum Gasteiger partial charge on any atom is -0.394 e. The predicted molar refractivity (Wildman–Crippen MR) is 64.4 cm³/mol. The van der Waals surface area contributed by atoms with E-state index >= 15 is 0 Å². The average Bonchev–Trinajstić information content (AvgIpc) is 2.35. The molecule has 4 nitrogen and oxygen atoms in total. The summed E-state index contributed by atoms with van der Waals surface area (Å²) in [5.41, 5.74) is -5.93. The smallest absolute Gasteiger partial charge is 0.394 e. The van der Waals surface area contributed by atoms with Crippen molar-refractivity contribution in [3.8, 4) is 0 Å². The Morgan fingerprint density at radius 3 is 2.40 bits per heavy atom. The second-order valence-electron chi connectivity index (χ2n) is 4.02. The minimum absolute atomic E-state index is 0.301. The molecular weight excluding hydrogens is 302 g/mol. The Kier molecular flexibility index (Phi) is 4.98. The normalized spacial score (nSPS) is 14.1. The highest BCUT2D eigenvalue weighted by atomic mass is 32.2. The van der Waals surface area contributed by atoms with Crippen LogP contribution in [-0.4, -0.2) is 31.7 Å². The van der Waals surface area contributed by atoms with E-state index in [1.807, 2.05) is 0 Å². The molecule has 0 bridgehead atoms. The monoisotopic (exact) mass is 315 g/mol. The zero-order valence-corrected chi connectivity index (χ0v) is 11.2. The van der Waals surface area contributed by atoms with E-state index in [4.69, 9.17) is 5.11 Å². The Hall–Kier alpha value is -1.35. The van der Waals surface area contributed by atoms with Gasteiger partial charge in [-0.05, 0) is 24.6 Å². The summed E-state index contributed by atoms with van der Waals surface area (Å²) in [7, 11) is -5.68. The van der Waals surface area contributed by atoms with Crippen LogP contribution >= 0.6 is 0 Å². The van der Waals surface area contributed by atoms with E-state index in [2.05, 4.69) is 5.32 Å².